The number of hydrogen-bond acceptors (Lipinski definition) is 3. The molecule has 0 amide bonds. The number of carbonyl (C=O) groups excluding carboxylic acids is 1. The van der Waals surface area contributed by atoms with Gasteiger partial charge in [-0.1, -0.05) is 0 Å². The molecule has 1 aromatic carbocycles. The van der Waals surface area contributed by atoms with Gasteiger partial charge in [-0.25, -0.2) is 4.39 Å². The van der Waals surface area contributed by atoms with Gasteiger partial charge in [0.15, 0.2) is 5.78 Å². The summed E-state index contributed by atoms with van der Waals surface area (Å²) in [6.45, 7) is 2.01. The molecule has 4 heteroatoms. The summed E-state index contributed by atoms with van der Waals surface area (Å²) in [5.74, 6) is -0.294. The van der Waals surface area contributed by atoms with E-state index < -0.39 is 0 Å². The van der Waals surface area contributed by atoms with Crippen molar-refractivity contribution in [1.82, 2.24) is 0 Å². The van der Waals surface area contributed by atoms with Crippen molar-refractivity contribution in [3.63, 3.8) is 0 Å². The first-order chi connectivity index (χ1) is 9.25. The molecule has 2 rings (SSSR count). The second kappa shape index (κ2) is 7.36. The van der Waals surface area contributed by atoms with Crippen LogP contribution in [0.15, 0.2) is 24.3 Å². The molecule has 104 valence electrons. The Bertz CT molecular complexity index is 396. The maximum Gasteiger partial charge on any atom is 0.162 e. The fourth-order valence-corrected chi connectivity index (χ4v) is 2.11. The van der Waals surface area contributed by atoms with E-state index in [-0.39, 0.29) is 17.7 Å². The minimum Gasteiger partial charge on any atom is -0.379 e. The maximum absolute atomic E-state index is 12.7. The van der Waals surface area contributed by atoms with Gasteiger partial charge in [-0.2, -0.15) is 0 Å². The quantitative estimate of drug-likeness (QED) is 0.562. The maximum atomic E-state index is 12.7. The summed E-state index contributed by atoms with van der Waals surface area (Å²) in [7, 11) is 0. The van der Waals surface area contributed by atoms with Crippen molar-refractivity contribution in [2.24, 2.45) is 0 Å². The van der Waals surface area contributed by atoms with Gasteiger partial charge < -0.3 is 9.47 Å². The molecule has 0 saturated carbocycles. The smallest absolute Gasteiger partial charge is 0.162 e. The molecule has 0 aromatic heterocycles. The number of ketones is 1. The summed E-state index contributed by atoms with van der Waals surface area (Å²) in [6.07, 6.45) is 3.51. The molecule has 3 nitrogen and oxygen atoms in total. The number of Topliss-reactive ketones (excluding diaryl/α,β-unsaturated/α-hetero) is 1. The number of rotatable bonds is 7. The van der Waals surface area contributed by atoms with Crippen molar-refractivity contribution in [3.05, 3.63) is 35.6 Å². The van der Waals surface area contributed by atoms with Crippen LogP contribution in [0.2, 0.25) is 0 Å². The lowest BCUT2D eigenvalue weighted by atomic mass is 10.1. The zero-order valence-electron chi connectivity index (χ0n) is 10.9. The predicted octanol–water partition coefficient (Wildman–Crippen LogP) is 2.98. The molecule has 1 aliphatic rings. The van der Waals surface area contributed by atoms with E-state index in [9.17, 15) is 9.18 Å². The molecule has 1 aromatic rings. The first-order valence-corrected chi connectivity index (χ1v) is 6.74. The lowest BCUT2D eigenvalue weighted by molar-refractivity contribution is 0.0163. The summed E-state index contributed by atoms with van der Waals surface area (Å²) < 4.78 is 23.6. The molecule has 19 heavy (non-hydrogen) atoms. The largest absolute Gasteiger partial charge is 0.379 e. The van der Waals surface area contributed by atoms with Crippen LogP contribution < -0.4 is 0 Å². The average molecular weight is 266 g/mol. The van der Waals surface area contributed by atoms with Crippen LogP contribution in [-0.2, 0) is 9.47 Å². The second-order valence-corrected chi connectivity index (χ2v) is 4.74. The van der Waals surface area contributed by atoms with Gasteiger partial charge >= 0.3 is 0 Å². The molecule has 0 bridgehead atoms. The monoisotopic (exact) mass is 266 g/mol. The highest BCUT2D eigenvalue weighted by Gasteiger charge is 2.15. The first kappa shape index (κ1) is 14.2. The Morgan fingerprint density at radius 2 is 2.16 bits per heavy atom. The zero-order chi connectivity index (χ0) is 13.5. The van der Waals surface area contributed by atoms with Crippen LogP contribution in [0.5, 0.6) is 0 Å². The Morgan fingerprint density at radius 1 is 1.37 bits per heavy atom. The predicted molar refractivity (Wildman–Crippen MR) is 69.8 cm³/mol. The second-order valence-electron chi connectivity index (χ2n) is 4.74. The molecule has 0 radical (unpaired) electrons. The van der Waals surface area contributed by atoms with E-state index >= 15 is 0 Å². The summed E-state index contributed by atoms with van der Waals surface area (Å²) in [4.78, 5) is 11.8. The van der Waals surface area contributed by atoms with Gasteiger partial charge in [0.1, 0.15) is 5.82 Å². The van der Waals surface area contributed by atoms with Crippen LogP contribution >= 0.6 is 0 Å². The highest BCUT2D eigenvalue weighted by atomic mass is 19.1. The number of benzene rings is 1. The van der Waals surface area contributed by atoms with Crippen LogP contribution in [0.25, 0.3) is 0 Å². The van der Waals surface area contributed by atoms with Crippen molar-refractivity contribution >= 4 is 5.78 Å². The van der Waals surface area contributed by atoms with Gasteiger partial charge in [0, 0.05) is 25.2 Å². The molecular weight excluding hydrogens is 247 g/mol. The Morgan fingerprint density at radius 3 is 2.84 bits per heavy atom. The molecule has 0 N–H and O–H groups in total. The normalized spacial score (nSPS) is 18.7. The van der Waals surface area contributed by atoms with Gasteiger partial charge in [-0.15, -0.1) is 0 Å². The van der Waals surface area contributed by atoms with Crippen LogP contribution in [0, 0.1) is 5.82 Å². The number of hydrogen-bond donors (Lipinski definition) is 0. The molecule has 0 aliphatic carbocycles. The van der Waals surface area contributed by atoms with E-state index in [2.05, 4.69) is 0 Å². The van der Waals surface area contributed by atoms with Crippen molar-refractivity contribution < 1.29 is 18.7 Å². The standard InChI is InChI=1S/C15H19FO3/c16-13-7-5-12(6-8-13)15(17)4-2-9-18-11-14-3-1-10-19-14/h5-8,14H,1-4,9-11H2. The summed E-state index contributed by atoms with van der Waals surface area (Å²) in [5, 5.41) is 0. The molecule has 1 aliphatic heterocycles. The van der Waals surface area contributed by atoms with E-state index in [0.717, 1.165) is 19.4 Å². The average Bonchev–Trinajstić information content (AvgIpc) is 2.92. The number of ether oxygens (including phenoxy) is 2. The minimum absolute atomic E-state index is 0.0284. The van der Waals surface area contributed by atoms with Crippen LogP contribution in [0.1, 0.15) is 36.0 Å². The Labute approximate surface area is 112 Å². The number of carbonyl (C=O) groups is 1. The van der Waals surface area contributed by atoms with Gasteiger partial charge in [0.25, 0.3) is 0 Å². The first-order valence-electron chi connectivity index (χ1n) is 6.74. The SMILES string of the molecule is O=C(CCCOCC1CCCO1)c1ccc(F)cc1. The van der Waals surface area contributed by atoms with E-state index in [1.807, 2.05) is 0 Å². The van der Waals surface area contributed by atoms with Gasteiger partial charge in [0.05, 0.1) is 12.7 Å². The molecule has 1 fully saturated rings. The van der Waals surface area contributed by atoms with Crippen LogP contribution in [-0.4, -0.2) is 31.7 Å². The molecule has 1 heterocycles. The molecule has 1 atom stereocenters. The van der Waals surface area contributed by atoms with Crippen molar-refractivity contribution in [2.75, 3.05) is 19.8 Å². The van der Waals surface area contributed by atoms with E-state index in [1.165, 1.54) is 24.3 Å². The van der Waals surface area contributed by atoms with E-state index in [0.29, 0.717) is 31.6 Å². The summed E-state index contributed by atoms with van der Waals surface area (Å²) in [5.41, 5.74) is 0.556. The highest BCUT2D eigenvalue weighted by Crippen LogP contribution is 2.12. The van der Waals surface area contributed by atoms with E-state index in [4.69, 9.17) is 9.47 Å². The molecule has 0 spiro atoms. The lowest BCUT2D eigenvalue weighted by Crippen LogP contribution is -2.14. The molecule has 1 saturated heterocycles. The van der Waals surface area contributed by atoms with Crippen LogP contribution in [0.4, 0.5) is 4.39 Å². The third-order valence-corrected chi connectivity index (χ3v) is 3.19. The fourth-order valence-electron chi connectivity index (χ4n) is 2.11. The zero-order valence-corrected chi connectivity index (χ0v) is 10.9. The molecular formula is C15H19FO3. The summed E-state index contributed by atoms with van der Waals surface area (Å²) >= 11 is 0. The number of halogens is 1. The third kappa shape index (κ3) is 4.73. The molecule has 1 unspecified atom stereocenters. The van der Waals surface area contributed by atoms with Crippen molar-refractivity contribution in [2.45, 2.75) is 31.8 Å². The Hall–Kier alpha value is -1.26. The van der Waals surface area contributed by atoms with Crippen LogP contribution in [0.3, 0.4) is 0 Å². The fraction of sp³-hybridized carbons (Fsp3) is 0.533. The third-order valence-electron chi connectivity index (χ3n) is 3.19. The van der Waals surface area contributed by atoms with Crippen molar-refractivity contribution in [1.29, 1.82) is 0 Å². The topological polar surface area (TPSA) is 35.5 Å². The van der Waals surface area contributed by atoms with Gasteiger partial charge in [-0.3, -0.25) is 4.79 Å². The van der Waals surface area contributed by atoms with Crippen molar-refractivity contribution in [3.8, 4) is 0 Å². The Balaban J connectivity index is 1.59. The van der Waals surface area contributed by atoms with Gasteiger partial charge in [-0.05, 0) is 43.5 Å². The summed E-state index contributed by atoms with van der Waals surface area (Å²) in [6, 6.07) is 5.65. The lowest BCUT2D eigenvalue weighted by Gasteiger charge is -2.09. The van der Waals surface area contributed by atoms with Gasteiger partial charge in [0.2, 0.25) is 0 Å². The highest BCUT2D eigenvalue weighted by molar-refractivity contribution is 5.95. The van der Waals surface area contributed by atoms with E-state index in [1.54, 1.807) is 0 Å². The minimum atomic E-state index is -0.323. The Kier molecular flexibility index (Phi) is 5.48.